The van der Waals surface area contributed by atoms with E-state index in [2.05, 4.69) is 20.2 Å². The quantitative estimate of drug-likeness (QED) is 0.614. The number of anilines is 1. The Morgan fingerprint density at radius 2 is 2.21 bits per heavy atom. The van der Waals surface area contributed by atoms with Crippen LogP contribution >= 0.6 is 11.6 Å². The van der Waals surface area contributed by atoms with Gasteiger partial charge < -0.3 is 19.7 Å². The summed E-state index contributed by atoms with van der Waals surface area (Å²) in [6.07, 6.45) is 0. The molecule has 0 aromatic carbocycles. The molecule has 1 aromatic heterocycles. The maximum Gasteiger partial charge on any atom is 0.146 e. The minimum Gasteiger partial charge on any atom is -0.383 e. The van der Waals surface area contributed by atoms with Gasteiger partial charge in [-0.05, 0) is 0 Å². The molecule has 106 valence electrons. The Hall–Kier alpha value is -0.950. The normalized spacial score (nSPS) is 15.8. The molecular weight excluding hydrogens is 268 g/mol. The van der Waals surface area contributed by atoms with E-state index in [-0.39, 0.29) is 0 Å². The Kier molecular flexibility index (Phi) is 5.78. The van der Waals surface area contributed by atoms with Crippen molar-refractivity contribution < 1.29 is 9.47 Å². The average Bonchev–Trinajstić information content (AvgIpc) is 2.44. The summed E-state index contributed by atoms with van der Waals surface area (Å²) in [7, 11) is 1.67. The van der Waals surface area contributed by atoms with E-state index in [0.717, 1.165) is 38.7 Å². The first-order valence-corrected chi connectivity index (χ1v) is 6.73. The van der Waals surface area contributed by atoms with Crippen LogP contribution in [0.1, 0.15) is 5.82 Å². The highest BCUT2D eigenvalue weighted by Crippen LogP contribution is 2.17. The zero-order valence-corrected chi connectivity index (χ0v) is 11.8. The van der Waals surface area contributed by atoms with Crippen LogP contribution in [-0.4, -0.2) is 56.5 Å². The molecule has 0 saturated carbocycles. The van der Waals surface area contributed by atoms with E-state index in [1.54, 1.807) is 13.2 Å². The standard InChI is InChI=1S/C12H19ClN4O2/c1-18-5-2-14-9-11-15-10(13)8-12(16-11)17-3-6-19-7-4-17/h8,14H,2-7,9H2,1H3. The number of ether oxygens (including phenoxy) is 2. The highest BCUT2D eigenvalue weighted by atomic mass is 35.5. The molecule has 0 amide bonds. The van der Waals surface area contributed by atoms with E-state index in [9.17, 15) is 0 Å². The first-order chi connectivity index (χ1) is 9.29. The number of rotatable bonds is 6. The van der Waals surface area contributed by atoms with Gasteiger partial charge in [0.25, 0.3) is 0 Å². The van der Waals surface area contributed by atoms with Crippen molar-refractivity contribution in [1.82, 2.24) is 15.3 Å². The minimum absolute atomic E-state index is 0.472. The molecule has 2 heterocycles. The van der Waals surface area contributed by atoms with Gasteiger partial charge in [0.15, 0.2) is 0 Å². The lowest BCUT2D eigenvalue weighted by Crippen LogP contribution is -2.37. The molecule has 19 heavy (non-hydrogen) atoms. The Labute approximate surface area is 118 Å². The summed E-state index contributed by atoms with van der Waals surface area (Å²) in [6, 6.07) is 1.80. The van der Waals surface area contributed by atoms with Crippen LogP contribution in [0.3, 0.4) is 0 Å². The molecule has 6 nitrogen and oxygen atoms in total. The lowest BCUT2D eigenvalue weighted by atomic mass is 10.4. The molecule has 1 N–H and O–H groups in total. The van der Waals surface area contributed by atoms with Crippen molar-refractivity contribution in [3.8, 4) is 0 Å². The number of halogens is 1. The topological polar surface area (TPSA) is 59.5 Å². The Morgan fingerprint density at radius 1 is 1.42 bits per heavy atom. The van der Waals surface area contributed by atoms with E-state index >= 15 is 0 Å². The van der Waals surface area contributed by atoms with Crippen molar-refractivity contribution in [2.45, 2.75) is 6.54 Å². The second kappa shape index (κ2) is 7.59. The highest BCUT2D eigenvalue weighted by molar-refractivity contribution is 6.29. The fraction of sp³-hybridized carbons (Fsp3) is 0.667. The van der Waals surface area contributed by atoms with Gasteiger partial charge in [0, 0.05) is 32.8 Å². The smallest absolute Gasteiger partial charge is 0.146 e. The summed E-state index contributed by atoms with van der Waals surface area (Å²) in [5, 5.41) is 3.68. The molecule has 0 atom stereocenters. The number of methoxy groups -OCH3 is 1. The third kappa shape index (κ3) is 4.58. The lowest BCUT2D eigenvalue weighted by Gasteiger charge is -2.28. The van der Waals surface area contributed by atoms with Crippen LogP contribution in [0.5, 0.6) is 0 Å². The zero-order valence-electron chi connectivity index (χ0n) is 11.1. The van der Waals surface area contributed by atoms with Gasteiger partial charge in [-0.25, -0.2) is 9.97 Å². The molecule has 0 unspecified atom stereocenters. The third-order valence-corrected chi connectivity index (χ3v) is 3.02. The van der Waals surface area contributed by atoms with Gasteiger partial charge in [-0.1, -0.05) is 11.6 Å². The van der Waals surface area contributed by atoms with Crippen molar-refractivity contribution in [3.05, 3.63) is 17.0 Å². The van der Waals surface area contributed by atoms with Crippen LogP contribution in [0.25, 0.3) is 0 Å². The van der Waals surface area contributed by atoms with Gasteiger partial charge in [-0.15, -0.1) is 0 Å². The molecule has 1 aliphatic rings. The molecule has 7 heteroatoms. The number of morpholine rings is 1. The van der Waals surface area contributed by atoms with E-state index < -0.39 is 0 Å². The van der Waals surface area contributed by atoms with Crippen molar-refractivity contribution in [3.63, 3.8) is 0 Å². The van der Waals surface area contributed by atoms with Crippen molar-refractivity contribution in [2.75, 3.05) is 51.5 Å². The molecule has 1 saturated heterocycles. The largest absolute Gasteiger partial charge is 0.383 e. The number of nitrogens with zero attached hydrogens (tertiary/aromatic N) is 3. The first kappa shape index (κ1) is 14.5. The van der Waals surface area contributed by atoms with Gasteiger partial charge >= 0.3 is 0 Å². The number of nitrogens with one attached hydrogen (secondary N) is 1. The van der Waals surface area contributed by atoms with Crippen LogP contribution in [0.4, 0.5) is 5.82 Å². The second-order valence-corrected chi connectivity index (χ2v) is 4.62. The van der Waals surface area contributed by atoms with Crippen molar-refractivity contribution >= 4 is 17.4 Å². The van der Waals surface area contributed by atoms with E-state index in [0.29, 0.717) is 24.1 Å². The number of hydrogen-bond acceptors (Lipinski definition) is 6. The SMILES string of the molecule is COCCNCc1nc(Cl)cc(N2CCOCC2)n1. The van der Waals surface area contributed by atoms with E-state index in [4.69, 9.17) is 21.1 Å². The van der Waals surface area contributed by atoms with Crippen LogP contribution < -0.4 is 10.2 Å². The summed E-state index contributed by atoms with van der Waals surface area (Å²) < 4.78 is 10.3. The number of hydrogen-bond donors (Lipinski definition) is 1. The molecule has 0 radical (unpaired) electrons. The fourth-order valence-electron chi connectivity index (χ4n) is 1.86. The molecular formula is C12H19ClN4O2. The minimum atomic E-state index is 0.472. The van der Waals surface area contributed by atoms with Crippen LogP contribution in [0, 0.1) is 0 Å². The Morgan fingerprint density at radius 3 is 2.95 bits per heavy atom. The van der Waals surface area contributed by atoms with Crippen LogP contribution in [0.2, 0.25) is 5.15 Å². The third-order valence-electron chi connectivity index (χ3n) is 2.83. The summed E-state index contributed by atoms with van der Waals surface area (Å²) in [5.41, 5.74) is 0. The highest BCUT2D eigenvalue weighted by Gasteiger charge is 2.14. The maximum absolute atomic E-state index is 6.05. The summed E-state index contributed by atoms with van der Waals surface area (Å²) >= 11 is 6.05. The predicted octanol–water partition coefficient (Wildman–Crippen LogP) is 0.703. The van der Waals surface area contributed by atoms with Gasteiger partial charge in [0.05, 0.1) is 26.4 Å². The van der Waals surface area contributed by atoms with Gasteiger partial charge in [0.2, 0.25) is 0 Å². The fourth-order valence-corrected chi connectivity index (χ4v) is 2.05. The van der Waals surface area contributed by atoms with Crippen LogP contribution in [0.15, 0.2) is 6.07 Å². The summed E-state index contributed by atoms with van der Waals surface area (Å²) in [6.45, 7) is 5.14. The van der Waals surface area contributed by atoms with Gasteiger partial charge in [-0.2, -0.15) is 0 Å². The monoisotopic (exact) mass is 286 g/mol. The maximum atomic E-state index is 6.05. The molecule has 1 aromatic rings. The van der Waals surface area contributed by atoms with Gasteiger partial charge in [0.1, 0.15) is 16.8 Å². The Bertz CT molecular complexity index is 399. The molecule has 0 spiro atoms. The average molecular weight is 287 g/mol. The van der Waals surface area contributed by atoms with E-state index in [1.807, 2.05) is 0 Å². The van der Waals surface area contributed by atoms with Crippen molar-refractivity contribution in [1.29, 1.82) is 0 Å². The number of aromatic nitrogens is 2. The van der Waals surface area contributed by atoms with Gasteiger partial charge in [-0.3, -0.25) is 0 Å². The van der Waals surface area contributed by atoms with Crippen LogP contribution in [-0.2, 0) is 16.0 Å². The second-order valence-electron chi connectivity index (χ2n) is 4.23. The molecule has 0 aliphatic carbocycles. The predicted molar refractivity (Wildman–Crippen MR) is 73.7 cm³/mol. The van der Waals surface area contributed by atoms with E-state index in [1.165, 1.54) is 0 Å². The first-order valence-electron chi connectivity index (χ1n) is 6.35. The Balaban J connectivity index is 1.97. The lowest BCUT2D eigenvalue weighted by molar-refractivity contribution is 0.122. The zero-order chi connectivity index (χ0) is 13.5. The summed E-state index contributed by atoms with van der Waals surface area (Å²) in [5.74, 6) is 1.57. The molecule has 1 fully saturated rings. The molecule has 1 aliphatic heterocycles. The molecule has 0 bridgehead atoms. The summed E-state index contributed by atoms with van der Waals surface area (Å²) in [4.78, 5) is 10.9. The molecule has 2 rings (SSSR count). The van der Waals surface area contributed by atoms with Crippen molar-refractivity contribution in [2.24, 2.45) is 0 Å².